The van der Waals surface area contributed by atoms with E-state index in [2.05, 4.69) is 52.5 Å². The third-order valence-corrected chi connectivity index (χ3v) is 3.99. The number of benzene rings is 1. The first kappa shape index (κ1) is 15.5. The van der Waals surface area contributed by atoms with Crippen molar-refractivity contribution in [2.75, 3.05) is 24.2 Å². The molecule has 1 aromatic heterocycles. The third-order valence-electron chi connectivity index (χ3n) is 3.23. The Morgan fingerprint density at radius 2 is 2.10 bits per heavy atom. The Balaban J connectivity index is 2.05. The summed E-state index contributed by atoms with van der Waals surface area (Å²) in [6.07, 6.45) is 1.83. The van der Waals surface area contributed by atoms with Crippen molar-refractivity contribution >= 4 is 28.5 Å². The lowest BCUT2D eigenvalue weighted by Crippen LogP contribution is -2.22. The van der Waals surface area contributed by atoms with Crippen molar-refractivity contribution in [2.45, 2.75) is 20.4 Å². The van der Waals surface area contributed by atoms with Gasteiger partial charge in [0, 0.05) is 11.9 Å². The molecule has 1 heterocycles. The van der Waals surface area contributed by atoms with Crippen molar-refractivity contribution < 1.29 is 0 Å². The minimum atomic E-state index is 0.514. The molecule has 0 spiro atoms. The summed E-state index contributed by atoms with van der Waals surface area (Å²) in [5.74, 6) is 0.514. The number of hydrogen-bond acceptors (Lipinski definition) is 6. The van der Waals surface area contributed by atoms with Gasteiger partial charge in [-0.25, -0.2) is 4.98 Å². The van der Waals surface area contributed by atoms with E-state index in [1.54, 1.807) is 5.38 Å². The van der Waals surface area contributed by atoms with Crippen LogP contribution in [0.15, 0.2) is 34.7 Å². The molecular formula is C15H21N5S. The number of hydrogen-bond donors (Lipinski definition) is 2. The largest absolute Gasteiger partial charge is 0.383 e. The summed E-state index contributed by atoms with van der Waals surface area (Å²) >= 11 is 1.44. The number of hydrazone groups is 1. The van der Waals surface area contributed by atoms with E-state index in [-0.39, 0.29) is 0 Å². The summed E-state index contributed by atoms with van der Waals surface area (Å²) in [6, 6.07) is 8.29. The molecule has 0 aliphatic carbocycles. The molecule has 0 aliphatic rings. The first-order valence-electron chi connectivity index (χ1n) is 7.03. The number of anilines is 2. The molecule has 5 nitrogen and oxygen atoms in total. The molecule has 112 valence electrons. The molecule has 21 heavy (non-hydrogen) atoms. The lowest BCUT2D eigenvalue weighted by Gasteiger charge is -2.19. The van der Waals surface area contributed by atoms with E-state index in [4.69, 9.17) is 5.73 Å². The second kappa shape index (κ2) is 7.75. The van der Waals surface area contributed by atoms with Crippen LogP contribution < -0.4 is 11.2 Å². The molecule has 0 aliphatic heterocycles. The summed E-state index contributed by atoms with van der Waals surface area (Å²) in [4.78, 5) is 6.48. The standard InChI is InChI=1S/C15H21N5S/c1-3-20(4-2)10-13-8-6-5-7-12(13)9-17-19-15-18-14(16)11-21-15/h5-9,11H,3-4,10,16H2,1-2H3,(H,18,19). The van der Waals surface area contributed by atoms with Gasteiger partial charge in [-0.05, 0) is 24.2 Å². The summed E-state index contributed by atoms with van der Waals surface area (Å²) < 4.78 is 0. The van der Waals surface area contributed by atoms with Crippen LogP contribution in [0.2, 0.25) is 0 Å². The van der Waals surface area contributed by atoms with Gasteiger partial charge in [-0.15, -0.1) is 11.3 Å². The fraction of sp³-hybridized carbons (Fsp3) is 0.333. The Bertz CT molecular complexity index is 589. The van der Waals surface area contributed by atoms with Crippen molar-refractivity contribution in [3.05, 3.63) is 40.8 Å². The molecule has 1 aromatic carbocycles. The van der Waals surface area contributed by atoms with Crippen molar-refractivity contribution in [2.24, 2.45) is 5.10 Å². The van der Waals surface area contributed by atoms with E-state index in [9.17, 15) is 0 Å². The number of thiazole rings is 1. The van der Waals surface area contributed by atoms with E-state index in [1.807, 2.05) is 12.3 Å². The predicted molar refractivity (Wildman–Crippen MR) is 90.8 cm³/mol. The van der Waals surface area contributed by atoms with Gasteiger partial charge in [0.2, 0.25) is 5.13 Å². The van der Waals surface area contributed by atoms with Crippen LogP contribution in [0.4, 0.5) is 10.9 Å². The Labute approximate surface area is 129 Å². The van der Waals surface area contributed by atoms with E-state index in [1.165, 1.54) is 16.9 Å². The Morgan fingerprint density at radius 3 is 2.76 bits per heavy atom. The normalized spacial score (nSPS) is 11.4. The Hall–Kier alpha value is -1.92. The van der Waals surface area contributed by atoms with Crippen LogP contribution in [0.5, 0.6) is 0 Å². The van der Waals surface area contributed by atoms with Gasteiger partial charge in [0.25, 0.3) is 0 Å². The summed E-state index contributed by atoms with van der Waals surface area (Å²) in [7, 11) is 0. The van der Waals surface area contributed by atoms with Crippen LogP contribution in [-0.2, 0) is 6.54 Å². The fourth-order valence-corrected chi connectivity index (χ4v) is 2.54. The van der Waals surface area contributed by atoms with Crippen LogP contribution in [0, 0.1) is 0 Å². The molecule has 0 bridgehead atoms. The molecule has 0 radical (unpaired) electrons. The molecule has 3 N–H and O–H groups in total. The summed E-state index contributed by atoms with van der Waals surface area (Å²) in [5, 5.41) is 6.73. The number of nitrogens with zero attached hydrogens (tertiary/aromatic N) is 3. The van der Waals surface area contributed by atoms with E-state index < -0.39 is 0 Å². The number of aromatic nitrogens is 1. The molecule has 0 atom stereocenters. The van der Waals surface area contributed by atoms with Crippen LogP contribution >= 0.6 is 11.3 Å². The maximum atomic E-state index is 5.57. The monoisotopic (exact) mass is 303 g/mol. The van der Waals surface area contributed by atoms with Crippen molar-refractivity contribution in [1.29, 1.82) is 0 Å². The highest BCUT2D eigenvalue weighted by Crippen LogP contribution is 2.16. The highest BCUT2D eigenvalue weighted by molar-refractivity contribution is 7.14. The lowest BCUT2D eigenvalue weighted by atomic mass is 10.1. The third kappa shape index (κ3) is 4.54. The van der Waals surface area contributed by atoms with Crippen molar-refractivity contribution in [3.8, 4) is 0 Å². The van der Waals surface area contributed by atoms with Gasteiger partial charge >= 0.3 is 0 Å². The molecule has 0 unspecified atom stereocenters. The maximum Gasteiger partial charge on any atom is 0.205 e. The lowest BCUT2D eigenvalue weighted by molar-refractivity contribution is 0.296. The molecule has 2 aromatic rings. The van der Waals surface area contributed by atoms with Gasteiger partial charge in [-0.2, -0.15) is 5.10 Å². The highest BCUT2D eigenvalue weighted by atomic mass is 32.1. The number of rotatable bonds is 7. The summed E-state index contributed by atoms with van der Waals surface area (Å²) in [6.45, 7) is 7.36. The first-order chi connectivity index (χ1) is 10.2. The van der Waals surface area contributed by atoms with Gasteiger partial charge in [-0.3, -0.25) is 10.3 Å². The first-order valence-corrected chi connectivity index (χ1v) is 7.91. The topological polar surface area (TPSA) is 66.5 Å². The SMILES string of the molecule is CCN(CC)Cc1ccccc1C=NNc1nc(N)cs1. The zero-order valence-electron chi connectivity index (χ0n) is 12.4. The van der Waals surface area contributed by atoms with E-state index >= 15 is 0 Å². The zero-order chi connectivity index (χ0) is 15.1. The minimum Gasteiger partial charge on any atom is -0.383 e. The second-order valence-electron chi connectivity index (χ2n) is 4.61. The van der Waals surface area contributed by atoms with Crippen LogP contribution in [0.1, 0.15) is 25.0 Å². The molecule has 0 amide bonds. The quantitative estimate of drug-likeness (QED) is 0.609. The van der Waals surface area contributed by atoms with Gasteiger partial charge in [0.15, 0.2) is 0 Å². The number of nitrogen functional groups attached to an aromatic ring is 1. The molecule has 6 heteroatoms. The fourth-order valence-electron chi connectivity index (χ4n) is 1.99. The Kier molecular flexibility index (Phi) is 5.71. The molecule has 2 rings (SSSR count). The smallest absolute Gasteiger partial charge is 0.205 e. The molecular weight excluding hydrogens is 282 g/mol. The van der Waals surface area contributed by atoms with Crippen molar-refractivity contribution in [1.82, 2.24) is 9.88 Å². The minimum absolute atomic E-state index is 0.514. The number of nitrogens with two attached hydrogens (primary N) is 1. The second-order valence-corrected chi connectivity index (χ2v) is 5.47. The van der Waals surface area contributed by atoms with Crippen molar-refractivity contribution in [3.63, 3.8) is 0 Å². The van der Waals surface area contributed by atoms with Gasteiger partial charge in [-0.1, -0.05) is 38.1 Å². The zero-order valence-corrected chi connectivity index (χ0v) is 13.2. The van der Waals surface area contributed by atoms with Crippen LogP contribution in [-0.4, -0.2) is 29.2 Å². The van der Waals surface area contributed by atoms with Gasteiger partial charge in [0.05, 0.1) is 6.21 Å². The highest BCUT2D eigenvalue weighted by Gasteiger charge is 2.04. The predicted octanol–water partition coefficient (Wildman–Crippen LogP) is 3.01. The van der Waals surface area contributed by atoms with Gasteiger partial charge in [0.1, 0.15) is 5.82 Å². The molecule has 0 saturated carbocycles. The van der Waals surface area contributed by atoms with Crippen LogP contribution in [0.3, 0.4) is 0 Å². The summed E-state index contributed by atoms with van der Waals surface area (Å²) in [5.41, 5.74) is 10.9. The average molecular weight is 303 g/mol. The Morgan fingerprint density at radius 1 is 1.33 bits per heavy atom. The van der Waals surface area contributed by atoms with E-state index in [0.717, 1.165) is 25.2 Å². The molecule has 0 saturated heterocycles. The maximum absolute atomic E-state index is 5.57. The van der Waals surface area contributed by atoms with E-state index in [0.29, 0.717) is 10.9 Å². The van der Waals surface area contributed by atoms with Gasteiger partial charge < -0.3 is 5.73 Å². The van der Waals surface area contributed by atoms with Crippen LogP contribution in [0.25, 0.3) is 0 Å². The molecule has 0 fully saturated rings. The number of nitrogens with one attached hydrogen (secondary N) is 1. The average Bonchev–Trinajstić information content (AvgIpc) is 2.91.